The predicted molar refractivity (Wildman–Crippen MR) is 182 cm³/mol. The van der Waals surface area contributed by atoms with E-state index in [1.165, 1.54) is 72.0 Å². The van der Waals surface area contributed by atoms with Crippen molar-refractivity contribution < 1.29 is 0 Å². The molecule has 0 radical (unpaired) electrons. The molecule has 4 aliphatic rings. The lowest BCUT2D eigenvalue weighted by atomic mass is 9.71. The fraction of sp³-hybridized carbons (Fsp3) is 0.0244. The molecular formula is C41H28N2. The Kier molecular flexibility index (Phi) is 5.00. The molecule has 0 saturated heterocycles. The number of fused-ring (bicyclic) bond motifs is 3. The van der Waals surface area contributed by atoms with Crippen molar-refractivity contribution in [3.8, 4) is 44.5 Å². The van der Waals surface area contributed by atoms with Gasteiger partial charge in [0.25, 0.3) is 0 Å². The minimum atomic E-state index is 0.230. The first-order valence-corrected chi connectivity index (χ1v) is 14.8. The molecule has 0 aliphatic heterocycles. The second-order valence-corrected chi connectivity index (χ2v) is 11.7. The lowest BCUT2D eigenvalue weighted by Gasteiger charge is -2.32. The number of nitrogens with two attached hydrogens (primary N) is 2. The molecule has 5 aromatic carbocycles. The highest BCUT2D eigenvalue weighted by Gasteiger charge is 2.33. The van der Waals surface area contributed by atoms with Crippen LogP contribution in [0.4, 0.5) is 11.4 Å². The fourth-order valence-corrected chi connectivity index (χ4v) is 7.57. The van der Waals surface area contributed by atoms with E-state index in [0.29, 0.717) is 0 Å². The zero-order valence-corrected chi connectivity index (χ0v) is 23.5. The van der Waals surface area contributed by atoms with Gasteiger partial charge in [0.15, 0.2) is 0 Å². The quantitative estimate of drug-likeness (QED) is 0.216. The molecule has 9 rings (SSSR count). The Labute approximate surface area is 251 Å². The number of hydrogen-bond acceptors (Lipinski definition) is 2. The Morgan fingerprint density at radius 3 is 1.91 bits per heavy atom. The normalized spacial score (nSPS) is 17.2. The van der Waals surface area contributed by atoms with E-state index in [4.69, 9.17) is 11.5 Å². The number of benzene rings is 5. The summed E-state index contributed by atoms with van der Waals surface area (Å²) in [5.74, 6) is 0.230. The van der Waals surface area contributed by atoms with Gasteiger partial charge in [-0.3, -0.25) is 0 Å². The largest absolute Gasteiger partial charge is 0.399 e. The van der Waals surface area contributed by atoms with Gasteiger partial charge in [-0.25, -0.2) is 0 Å². The average molecular weight is 549 g/mol. The van der Waals surface area contributed by atoms with E-state index in [1.54, 1.807) is 0 Å². The molecule has 202 valence electrons. The zero-order valence-electron chi connectivity index (χ0n) is 23.5. The highest BCUT2D eigenvalue weighted by molar-refractivity contribution is 6.22. The molecular weight excluding hydrogens is 520 g/mol. The highest BCUT2D eigenvalue weighted by atomic mass is 14.5. The number of allylic oxidation sites excluding steroid dienone is 12. The summed E-state index contributed by atoms with van der Waals surface area (Å²) < 4.78 is 0. The topological polar surface area (TPSA) is 52.0 Å². The lowest BCUT2D eigenvalue weighted by molar-refractivity contribution is 0.883. The van der Waals surface area contributed by atoms with Crippen LogP contribution in [0.3, 0.4) is 0 Å². The summed E-state index contributed by atoms with van der Waals surface area (Å²) in [4.78, 5) is 0. The lowest BCUT2D eigenvalue weighted by Crippen LogP contribution is -2.16. The van der Waals surface area contributed by atoms with Crippen molar-refractivity contribution in [3.63, 3.8) is 0 Å². The summed E-state index contributed by atoms with van der Waals surface area (Å²) in [6.45, 7) is 0. The third kappa shape index (κ3) is 3.47. The van der Waals surface area contributed by atoms with Crippen LogP contribution in [-0.2, 0) is 0 Å². The molecule has 2 nitrogen and oxygen atoms in total. The maximum absolute atomic E-state index is 6.46. The van der Waals surface area contributed by atoms with Crippen LogP contribution >= 0.6 is 0 Å². The molecule has 0 bridgehead atoms. The molecule has 5 aromatic rings. The van der Waals surface area contributed by atoms with Crippen LogP contribution in [0.1, 0.15) is 5.56 Å². The summed E-state index contributed by atoms with van der Waals surface area (Å²) in [6, 6.07) is 32.4. The molecule has 4 aliphatic carbocycles. The van der Waals surface area contributed by atoms with Crippen molar-refractivity contribution in [2.24, 2.45) is 5.92 Å². The van der Waals surface area contributed by atoms with Gasteiger partial charge in [-0.05, 0) is 113 Å². The third-order valence-corrected chi connectivity index (χ3v) is 9.31. The van der Waals surface area contributed by atoms with E-state index in [9.17, 15) is 0 Å². The van der Waals surface area contributed by atoms with Crippen LogP contribution in [0.15, 0.2) is 156 Å². The molecule has 1 atom stereocenters. The first kappa shape index (κ1) is 24.0. The van der Waals surface area contributed by atoms with Crippen molar-refractivity contribution in [2.45, 2.75) is 0 Å². The number of nitrogen functional groups attached to an aromatic ring is 2. The van der Waals surface area contributed by atoms with E-state index < -0.39 is 0 Å². The Morgan fingerprint density at radius 2 is 1.14 bits per heavy atom. The number of rotatable bonds is 3. The number of anilines is 2. The molecule has 43 heavy (non-hydrogen) atoms. The maximum atomic E-state index is 6.46. The maximum Gasteiger partial charge on any atom is 0.0346 e. The highest BCUT2D eigenvalue weighted by Crippen LogP contribution is 2.57. The van der Waals surface area contributed by atoms with Crippen LogP contribution in [-0.4, -0.2) is 0 Å². The predicted octanol–water partition coefficient (Wildman–Crippen LogP) is 9.92. The minimum absolute atomic E-state index is 0.230. The van der Waals surface area contributed by atoms with Crippen LogP contribution in [0.25, 0.3) is 60.9 Å². The molecule has 0 amide bonds. The van der Waals surface area contributed by atoms with Crippen LogP contribution in [0.5, 0.6) is 0 Å². The Morgan fingerprint density at radius 1 is 0.488 bits per heavy atom. The molecule has 0 heterocycles. The molecule has 0 saturated carbocycles. The van der Waals surface area contributed by atoms with Crippen LogP contribution in [0, 0.1) is 5.92 Å². The van der Waals surface area contributed by atoms with Crippen molar-refractivity contribution >= 4 is 27.7 Å². The SMILES string of the molecule is Nc1cccc(-c2cc(C3=C4C=CC=C5C=CC=C(C=C3)C54)c(-c3cccc(N)c3)c3c2-c2cccc4cccc-3c24)c1. The van der Waals surface area contributed by atoms with Gasteiger partial charge in [0, 0.05) is 17.3 Å². The van der Waals surface area contributed by atoms with E-state index in [2.05, 4.69) is 127 Å². The van der Waals surface area contributed by atoms with Crippen molar-refractivity contribution in [1.82, 2.24) is 0 Å². The summed E-state index contributed by atoms with van der Waals surface area (Å²) in [5, 5.41) is 2.55. The Balaban J connectivity index is 1.46. The second-order valence-electron chi connectivity index (χ2n) is 11.7. The minimum Gasteiger partial charge on any atom is -0.399 e. The fourth-order valence-electron chi connectivity index (χ4n) is 7.57. The molecule has 1 unspecified atom stereocenters. The molecule has 0 fully saturated rings. The number of hydrogen-bond donors (Lipinski definition) is 2. The summed E-state index contributed by atoms with van der Waals surface area (Å²) in [6.07, 6.45) is 18.0. The Hall–Kier alpha value is -5.60. The van der Waals surface area contributed by atoms with Gasteiger partial charge >= 0.3 is 0 Å². The smallest absolute Gasteiger partial charge is 0.0346 e. The van der Waals surface area contributed by atoms with Crippen molar-refractivity contribution in [3.05, 3.63) is 162 Å². The van der Waals surface area contributed by atoms with Gasteiger partial charge in [-0.2, -0.15) is 0 Å². The Bertz CT molecular complexity index is 2240. The first-order chi connectivity index (χ1) is 21.2. The second kappa shape index (κ2) is 8.95. The van der Waals surface area contributed by atoms with Gasteiger partial charge in [0.2, 0.25) is 0 Å². The summed E-state index contributed by atoms with van der Waals surface area (Å²) >= 11 is 0. The third-order valence-electron chi connectivity index (χ3n) is 9.31. The van der Waals surface area contributed by atoms with Crippen LogP contribution < -0.4 is 11.5 Å². The standard InChI is InChI=1S/C41H28N2/c42-29-14-2-12-27(21-29)35-23-36(31-20-19-26-8-1-7-24-9-4-16-32(31)37(24)26)39(28-13-3-15-30(43)22-28)41-34-18-6-11-25-10-5-17-33(38(25)34)40(35)41/h1-23,37H,42-43H2. The van der Waals surface area contributed by atoms with Gasteiger partial charge in [0.1, 0.15) is 0 Å². The molecule has 0 aromatic heterocycles. The van der Waals surface area contributed by atoms with Gasteiger partial charge in [-0.15, -0.1) is 0 Å². The first-order valence-electron chi connectivity index (χ1n) is 14.8. The van der Waals surface area contributed by atoms with E-state index in [0.717, 1.165) is 22.5 Å². The molecule has 4 N–H and O–H groups in total. The van der Waals surface area contributed by atoms with Gasteiger partial charge in [-0.1, -0.05) is 109 Å². The van der Waals surface area contributed by atoms with E-state index in [-0.39, 0.29) is 5.92 Å². The summed E-state index contributed by atoms with van der Waals surface area (Å²) in [5.41, 5.74) is 30.5. The van der Waals surface area contributed by atoms with Crippen molar-refractivity contribution in [2.75, 3.05) is 11.5 Å². The van der Waals surface area contributed by atoms with Gasteiger partial charge in [0.05, 0.1) is 0 Å². The monoisotopic (exact) mass is 548 g/mol. The average Bonchev–Trinajstić information content (AvgIpc) is 3.37. The van der Waals surface area contributed by atoms with Gasteiger partial charge < -0.3 is 11.5 Å². The van der Waals surface area contributed by atoms with E-state index >= 15 is 0 Å². The zero-order chi connectivity index (χ0) is 28.7. The molecule has 2 heteroatoms. The van der Waals surface area contributed by atoms with Crippen LogP contribution in [0.2, 0.25) is 0 Å². The summed E-state index contributed by atoms with van der Waals surface area (Å²) in [7, 11) is 0. The van der Waals surface area contributed by atoms with Crippen molar-refractivity contribution in [1.29, 1.82) is 0 Å². The molecule has 0 spiro atoms. The van der Waals surface area contributed by atoms with E-state index in [1.807, 2.05) is 12.1 Å².